The molecule has 0 atom stereocenters. The van der Waals surface area contributed by atoms with Crippen molar-refractivity contribution in [3.8, 4) is 0 Å². The zero-order valence-electron chi connectivity index (χ0n) is 11.5. The van der Waals surface area contributed by atoms with Gasteiger partial charge in [0.2, 0.25) is 0 Å². The summed E-state index contributed by atoms with van der Waals surface area (Å²) in [7, 11) is 0. The minimum absolute atomic E-state index is 0.155. The first-order valence-corrected chi connectivity index (χ1v) is 7.15. The summed E-state index contributed by atoms with van der Waals surface area (Å²) < 4.78 is 8.90. The van der Waals surface area contributed by atoms with Gasteiger partial charge in [0.1, 0.15) is 13.1 Å². The van der Waals surface area contributed by atoms with Crippen LogP contribution in [0.25, 0.3) is 0 Å². The molecule has 0 aromatic carbocycles. The van der Waals surface area contributed by atoms with Gasteiger partial charge in [0.05, 0.1) is 26.3 Å². The van der Waals surface area contributed by atoms with Crippen molar-refractivity contribution < 1.29 is 14.1 Å². The summed E-state index contributed by atoms with van der Waals surface area (Å²) >= 11 is 0. The molecule has 108 valence electrons. The van der Waals surface area contributed by atoms with Crippen LogP contribution in [-0.2, 0) is 4.74 Å². The molecule has 0 amide bonds. The molecule has 0 aliphatic carbocycles. The topological polar surface area (TPSA) is 46.7 Å². The van der Waals surface area contributed by atoms with E-state index >= 15 is 0 Å². The van der Waals surface area contributed by atoms with E-state index in [9.17, 15) is 4.79 Å². The quantitative estimate of drug-likeness (QED) is 0.526. The number of hydrogen-bond acceptors (Lipinski definition) is 3. The molecular formula is C14H20N3O3+. The van der Waals surface area contributed by atoms with Crippen LogP contribution in [-0.4, -0.2) is 59.6 Å². The van der Waals surface area contributed by atoms with Gasteiger partial charge in [-0.25, -0.2) is 9.48 Å². The highest BCUT2D eigenvalue weighted by molar-refractivity contribution is 5.69. The average Bonchev–Trinajstić information content (AvgIpc) is 3.01. The van der Waals surface area contributed by atoms with Crippen molar-refractivity contribution in [3.05, 3.63) is 34.7 Å². The standard InChI is InChI=1S/C14H20N3O3/c18-13-5-1-2-8-17(13)20-14(15-6-3-4-7-15)16-9-11-19-12-10-16/h1-2,5,8H,3-4,6-7,9-12H2/q+1. The van der Waals surface area contributed by atoms with Gasteiger partial charge in [-0.1, -0.05) is 6.07 Å². The van der Waals surface area contributed by atoms with Crippen molar-refractivity contribution in [3.63, 3.8) is 0 Å². The molecule has 0 spiro atoms. The Labute approximate surface area is 117 Å². The van der Waals surface area contributed by atoms with Crippen molar-refractivity contribution in [2.45, 2.75) is 12.8 Å². The Bertz CT molecular complexity index is 539. The van der Waals surface area contributed by atoms with Crippen LogP contribution in [0.3, 0.4) is 0 Å². The summed E-state index contributed by atoms with van der Waals surface area (Å²) in [6.45, 7) is 4.96. The molecule has 0 saturated carbocycles. The highest BCUT2D eigenvalue weighted by Crippen LogP contribution is 2.06. The van der Waals surface area contributed by atoms with Crippen LogP contribution < -0.4 is 10.4 Å². The van der Waals surface area contributed by atoms with Crippen LogP contribution in [0.15, 0.2) is 29.2 Å². The second-order valence-electron chi connectivity index (χ2n) is 5.03. The predicted molar refractivity (Wildman–Crippen MR) is 73.9 cm³/mol. The Morgan fingerprint density at radius 1 is 1.20 bits per heavy atom. The van der Waals surface area contributed by atoms with Gasteiger partial charge in [0, 0.05) is 12.3 Å². The Hall–Kier alpha value is -1.82. The van der Waals surface area contributed by atoms with Gasteiger partial charge in [-0.3, -0.25) is 9.63 Å². The maximum atomic E-state index is 11.8. The minimum atomic E-state index is -0.155. The van der Waals surface area contributed by atoms with E-state index in [4.69, 9.17) is 9.57 Å². The lowest BCUT2D eigenvalue weighted by Crippen LogP contribution is -2.50. The predicted octanol–water partition coefficient (Wildman–Crippen LogP) is -0.229. The lowest BCUT2D eigenvalue weighted by molar-refractivity contribution is -0.521. The van der Waals surface area contributed by atoms with Crippen molar-refractivity contribution in [2.24, 2.45) is 0 Å². The molecular weight excluding hydrogens is 258 g/mol. The van der Waals surface area contributed by atoms with Gasteiger partial charge in [0.25, 0.3) is 5.56 Å². The molecule has 3 heterocycles. The summed E-state index contributed by atoms with van der Waals surface area (Å²) in [6.07, 6.45) is 3.99. The monoisotopic (exact) mass is 278 g/mol. The summed E-state index contributed by atoms with van der Waals surface area (Å²) in [5, 5.41) is 0. The van der Waals surface area contributed by atoms with Gasteiger partial charge < -0.3 is 4.74 Å². The first kappa shape index (κ1) is 13.2. The molecule has 20 heavy (non-hydrogen) atoms. The van der Waals surface area contributed by atoms with Crippen molar-refractivity contribution in [1.29, 1.82) is 0 Å². The van der Waals surface area contributed by atoms with E-state index in [1.807, 2.05) is 0 Å². The lowest BCUT2D eigenvalue weighted by Gasteiger charge is -2.23. The van der Waals surface area contributed by atoms with Crippen molar-refractivity contribution in [1.82, 2.24) is 9.63 Å². The fraction of sp³-hybridized carbons (Fsp3) is 0.571. The van der Waals surface area contributed by atoms with Crippen molar-refractivity contribution >= 4 is 6.02 Å². The summed E-state index contributed by atoms with van der Waals surface area (Å²) in [4.78, 5) is 19.9. The number of ether oxygens (including phenoxy) is 1. The third-order valence-electron chi connectivity index (χ3n) is 3.63. The van der Waals surface area contributed by atoms with Crippen LogP contribution in [0.5, 0.6) is 0 Å². The van der Waals surface area contributed by atoms with Gasteiger partial charge in [-0.15, -0.1) is 4.73 Å². The van der Waals surface area contributed by atoms with E-state index in [0.29, 0.717) is 13.2 Å². The summed E-state index contributed by atoms with van der Waals surface area (Å²) in [6, 6.07) is 5.79. The van der Waals surface area contributed by atoms with Crippen LogP contribution in [0.4, 0.5) is 0 Å². The number of nitrogens with zero attached hydrogens (tertiary/aromatic N) is 3. The molecule has 0 bridgehead atoms. The van der Waals surface area contributed by atoms with Gasteiger partial charge >= 0.3 is 6.02 Å². The fourth-order valence-corrected chi connectivity index (χ4v) is 2.55. The van der Waals surface area contributed by atoms with E-state index in [2.05, 4.69) is 9.48 Å². The Morgan fingerprint density at radius 3 is 2.65 bits per heavy atom. The smallest absolute Gasteiger partial charge is 0.373 e. The number of rotatable bonds is 1. The number of hydrogen-bond donors (Lipinski definition) is 0. The molecule has 1 aromatic heterocycles. The van der Waals surface area contributed by atoms with E-state index in [1.54, 1.807) is 18.3 Å². The Kier molecular flexibility index (Phi) is 4.01. The number of aromatic nitrogens is 1. The first-order chi connectivity index (χ1) is 9.84. The Morgan fingerprint density at radius 2 is 1.95 bits per heavy atom. The fourth-order valence-electron chi connectivity index (χ4n) is 2.55. The van der Waals surface area contributed by atoms with E-state index in [0.717, 1.165) is 32.2 Å². The van der Waals surface area contributed by atoms with Crippen LogP contribution >= 0.6 is 0 Å². The second-order valence-corrected chi connectivity index (χ2v) is 5.03. The van der Waals surface area contributed by atoms with Crippen LogP contribution in [0.1, 0.15) is 12.8 Å². The van der Waals surface area contributed by atoms with Crippen LogP contribution in [0, 0.1) is 0 Å². The molecule has 2 aliphatic heterocycles. The third kappa shape index (κ3) is 2.85. The van der Waals surface area contributed by atoms with E-state index in [-0.39, 0.29) is 5.56 Å². The highest BCUT2D eigenvalue weighted by Gasteiger charge is 2.30. The normalized spacial score (nSPS) is 19.2. The molecule has 1 aromatic rings. The molecule has 6 nitrogen and oxygen atoms in total. The number of morpholine rings is 1. The maximum Gasteiger partial charge on any atom is 0.471 e. The number of pyridine rings is 1. The summed E-state index contributed by atoms with van der Waals surface area (Å²) in [5.41, 5.74) is -0.155. The van der Waals surface area contributed by atoms with Gasteiger partial charge in [-0.2, -0.15) is 0 Å². The maximum absolute atomic E-state index is 11.8. The molecule has 0 unspecified atom stereocenters. The molecule has 0 N–H and O–H groups in total. The highest BCUT2D eigenvalue weighted by atomic mass is 16.7. The van der Waals surface area contributed by atoms with Gasteiger partial charge in [-0.05, 0) is 18.9 Å². The molecule has 0 radical (unpaired) electrons. The van der Waals surface area contributed by atoms with Gasteiger partial charge in [0.15, 0.2) is 0 Å². The molecule has 2 saturated heterocycles. The first-order valence-electron chi connectivity index (χ1n) is 7.15. The van der Waals surface area contributed by atoms with Crippen LogP contribution in [0.2, 0.25) is 0 Å². The zero-order chi connectivity index (χ0) is 13.8. The lowest BCUT2D eigenvalue weighted by atomic mass is 10.4. The minimum Gasteiger partial charge on any atom is -0.373 e. The third-order valence-corrected chi connectivity index (χ3v) is 3.63. The SMILES string of the molecule is O=c1ccccn1OC(N1CCOCC1)=[N+]1CCCC1. The van der Waals surface area contributed by atoms with E-state index < -0.39 is 0 Å². The molecule has 6 heteroatoms. The summed E-state index contributed by atoms with van der Waals surface area (Å²) in [5.74, 6) is 0. The molecule has 3 rings (SSSR count). The second kappa shape index (κ2) is 6.09. The molecule has 2 fully saturated rings. The largest absolute Gasteiger partial charge is 0.471 e. The average molecular weight is 278 g/mol. The van der Waals surface area contributed by atoms with E-state index in [1.165, 1.54) is 23.6 Å². The number of amidine groups is 1. The zero-order valence-corrected chi connectivity index (χ0v) is 11.5. The Balaban J connectivity index is 1.88. The van der Waals surface area contributed by atoms with Crippen molar-refractivity contribution in [2.75, 3.05) is 39.4 Å². The molecule has 2 aliphatic rings.